The molecule has 3 rings (SSSR count). The highest BCUT2D eigenvalue weighted by Crippen LogP contribution is 2.25. The van der Waals surface area contributed by atoms with Gasteiger partial charge >= 0.3 is 5.76 Å². The molecule has 6 heteroatoms. The Hall–Kier alpha value is -2.71. The first-order valence-corrected chi connectivity index (χ1v) is 6.97. The van der Waals surface area contributed by atoms with Crippen molar-refractivity contribution < 1.29 is 9.15 Å². The third-order valence-electron chi connectivity index (χ3n) is 3.21. The molecule has 0 aliphatic carbocycles. The Balaban J connectivity index is 1.74. The van der Waals surface area contributed by atoms with Gasteiger partial charge in [-0.05, 0) is 30.3 Å². The molecule has 5 nitrogen and oxygen atoms in total. The lowest BCUT2D eigenvalue weighted by Gasteiger charge is -2.08. The predicted molar refractivity (Wildman–Crippen MR) is 82.1 cm³/mol. The summed E-state index contributed by atoms with van der Waals surface area (Å²) < 4.78 is 12.2. The van der Waals surface area contributed by atoms with Crippen LogP contribution in [-0.4, -0.2) is 11.2 Å². The van der Waals surface area contributed by atoms with Crippen LogP contribution in [0.15, 0.2) is 51.7 Å². The molecule has 0 radical (unpaired) electrons. The number of nitriles is 1. The lowest BCUT2D eigenvalue weighted by molar-refractivity contribution is 0.294. The first-order chi connectivity index (χ1) is 10.7. The standard InChI is InChI=1S/C16H11ClN2O3/c17-12-9-11(10-18)5-6-14(12)21-8-7-19-13-3-1-2-4-15(13)22-16(19)20/h1-6,9H,7-8H2. The Labute approximate surface area is 130 Å². The van der Waals surface area contributed by atoms with Gasteiger partial charge in [-0.15, -0.1) is 0 Å². The van der Waals surface area contributed by atoms with Crippen LogP contribution in [0.3, 0.4) is 0 Å². The van der Waals surface area contributed by atoms with Crippen molar-refractivity contribution >= 4 is 22.7 Å². The van der Waals surface area contributed by atoms with Crippen LogP contribution < -0.4 is 10.5 Å². The lowest BCUT2D eigenvalue weighted by Crippen LogP contribution is -2.18. The number of benzene rings is 2. The lowest BCUT2D eigenvalue weighted by atomic mass is 10.2. The molecule has 0 aliphatic rings. The monoisotopic (exact) mass is 314 g/mol. The molecule has 0 spiro atoms. The number of rotatable bonds is 4. The average Bonchev–Trinajstić information content (AvgIpc) is 2.84. The highest BCUT2D eigenvalue weighted by atomic mass is 35.5. The number of aromatic nitrogens is 1. The number of ether oxygens (including phenoxy) is 1. The average molecular weight is 315 g/mol. The van der Waals surface area contributed by atoms with Crippen molar-refractivity contribution in [3.8, 4) is 11.8 Å². The van der Waals surface area contributed by atoms with Gasteiger partial charge in [0.1, 0.15) is 12.4 Å². The maximum absolute atomic E-state index is 11.8. The highest BCUT2D eigenvalue weighted by Gasteiger charge is 2.09. The Kier molecular flexibility index (Phi) is 3.86. The van der Waals surface area contributed by atoms with E-state index in [0.29, 0.717) is 28.5 Å². The molecule has 0 aliphatic heterocycles. The number of oxazole rings is 1. The van der Waals surface area contributed by atoms with Crippen LogP contribution in [-0.2, 0) is 6.54 Å². The summed E-state index contributed by atoms with van der Waals surface area (Å²) in [5.74, 6) is 0.0530. The van der Waals surface area contributed by atoms with E-state index in [4.69, 9.17) is 26.0 Å². The first kappa shape index (κ1) is 14.2. The molecule has 1 heterocycles. The Morgan fingerprint density at radius 2 is 2.09 bits per heavy atom. The molecular formula is C16H11ClN2O3. The second-order valence-corrected chi connectivity index (χ2v) is 5.00. The fourth-order valence-electron chi connectivity index (χ4n) is 2.16. The SMILES string of the molecule is N#Cc1ccc(OCCn2c(=O)oc3ccccc32)c(Cl)c1. The largest absolute Gasteiger partial charge is 0.490 e. The summed E-state index contributed by atoms with van der Waals surface area (Å²) in [6.45, 7) is 0.598. The van der Waals surface area contributed by atoms with Gasteiger partial charge in [-0.2, -0.15) is 5.26 Å². The van der Waals surface area contributed by atoms with Crippen LogP contribution in [0, 0.1) is 11.3 Å². The first-order valence-electron chi connectivity index (χ1n) is 6.60. The molecule has 0 unspecified atom stereocenters. The summed E-state index contributed by atoms with van der Waals surface area (Å²) in [5, 5.41) is 9.15. The van der Waals surface area contributed by atoms with Gasteiger partial charge in [0.25, 0.3) is 0 Å². The van der Waals surface area contributed by atoms with E-state index in [1.807, 2.05) is 24.3 Å². The Morgan fingerprint density at radius 1 is 1.27 bits per heavy atom. The number of para-hydroxylation sites is 2. The Morgan fingerprint density at radius 3 is 2.86 bits per heavy atom. The molecule has 0 saturated carbocycles. The van der Waals surface area contributed by atoms with E-state index in [1.165, 1.54) is 10.6 Å². The van der Waals surface area contributed by atoms with Gasteiger partial charge in [-0.1, -0.05) is 23.7 Å². The van der Waals surface area contributed by atoms with E-state index in [2.05, 4.69) is 0 Å². The Bertz CT molecular complexity index is 921. The van der Waals surface area contributed by atoms with Crippen molar-refractivity contribution in [3.63, 3.8) is 0 Å². The zero-order valence-corrected chi connectivity index (χ0v) is 12.2. The molecule has 0 bridgehead atoms. The van der Waals surface area contributed by atoms with E-state index in [1.54, 1.807) is 18.2 Å². The molecule has 0 atom stereocenters. The second kappa shape index (κ2) is 5.96. The van der Waals surface area contributed by atoms with Crippen LogP contribution in [0.1, 0.15) is 5.56 Å². The molecule has 3 aromatic rings. The zero-order valence-electron chi connectivity index (χ0n) is 11.5. The van der Waals surface area contributed by atoms with Crippen molar-refractivity contribution in [2.75, 3.05) is 6.61 Å². The zero-order chi connectivity index (χ0) is 15.5. The third-order valence-corrected chi connectivity index (χ3v) is 3.50. The van der Waals surface area contributed by atoms with Crippen LogP contribution >= 0.6 is 11.6 Å². The summed E-state index contributed by atoms with van der Waals surface area (Å²) in [5.41, 5.74) is 1.74. The van der Waals surface area contributed by atoms with Crippen molar-refractivity contribution in [1.29, 1.82) is 5.26 Å². The molecule has 0 fully saturated rings. The van der Waals surface area contributed by atoms with Crippen LogP contribution in [0.25, 0.3) is 11.1 Å². The maximum atomic E-state index is 11.8. The van der Waals surface area contributed by atoms with Crippen LogP contribution in [0.4, 0.5) is 0 Å². The number of nitrogens with zero attached hydrogens (tertiary/aromatic N) is 2. The normalized spacial score (nSPS) is 10.5. The maximum Gasteiger partial charge on any atom is 0.420 e. The van der Waals surface area contributed by atoms with Gasteiger partial charge in [-0.25, -0.2) is 4.79 Å². The van der Waals surface area contributed by atoms with Crippen molar-refractivity contribution in [1.82, 2.24) is 4.57 Å². The van der Waals surface area contributed by atoms with E-state index in [-0.39, 0.29) is 6.61 Å². The fraction of sp³-hybridized carbons (Fsp3) is 0.125. The molecular weight excluding hydrogens is 304 g/mol. The topological polar surface area (TPSA) is 68.2 Å². The molecule has 0 saturated heterocycles. The third kappa shape index (κ3) is 2.69. The number of hydrogen-bond acceptors (Lipinski definition) is 4. The summed E-state index contributed by atoms with van der Waals surface area (Å²) in [6.07, 6.45) is 0. The molecule has 2 aromatic carbocycles. The molecule has 22 heavy (non-hydrogen) atoms. The summed E-state index contributed by atoms with van der Waals surface area (Å²) >= 11 is 6.03. The van der Waals surface area contributed by atoms with E-state index in [0.717, 1.165) is 5.52 Å². The van der Waals surface area contributed by atoms with Crippen LogP contribution in [0.5, 0.6) is 5.75 Å². The number of fused-ring (bicyclic) bond motifs is 1. The fourth-order valence-corrected chi connectivity index (χ4v) is 2.40. The van der Waals surface area contributed by atoms with Gasteiger partial charge in [0.05, 0.1) is 28.7 Å². The van der Waals surface area contributed by atoms with E-state index >= 15 is 0 Å². The minimum atomic E-state index is -0.421. The quantitative estimate of drug-likeness (QED) is 0.741. The van der Waals surface area contributed by atoms with Gasteiger partial charge < -0.3 is 9.15 Å². The second-order valence-electron chi connectivity index (χ2n) is 4.59. The van der Waals surface area contributed by atoms with Gasteiger partial charge in [0.2, 0.25) is 0 Å². The minimum Gasteiger partial charge on any atom is -0.490 e. The van der Waals surface area contributed by atoms with E-state index < -0.39 is 5.76 Å². The number of hydrogen-bond donors (Lipinski definition) is 0. The van der Waals surface area contributed by atoms with Crippen molar-refractivity contribution in [2.45, 2.75) is 6.54 Å². The van der Waals surface area contributed by atoms with Gasteiger partial charge in [0, 0.05) is 0 Å². The van der Waals surface area contributed by atoms with Crippen LogP contribution in [0.2, 0.25) is 5.02 Å². The van der Waals surface area contributed by atoms with Crippen molar-refractivity contribution in [3.05, 3.63) is 63.6 Å². The number of halogens is 1. The minimum absolute atomic E-state index is 0.259. The summed E-state index contributed by atoms with van der Waals surface area (Å²) in [7, 11) is 0. The van der Waals surface area contributed by atoms with Gasteiger partial charge in [0.15, 0.2) is 5.58 Å². The smallest absolute Gasteiger partial charge is 0.420 e. The van der Waals surface area contributed by atoms with Crippen molar-refractivity contribution in [2.24, 2.45) is 0 Å². The van der Waals surface area contributed by atoms with Gasteiger partial charge in [-0.3, -0.25) is 4.57 Å². The molecule has 0 amide bonds. The van der Waals surface area contributed by atoms with E-state index in [9.17, 15) is 4.79 Å². The summed E-state index contributed by atoms with van der Waals surface area (Å²) in [6, 6.07) is 14.0. The molecule has 1 aromatic heterocycles. The molecule has 0 N–H and O–H groups in total. The predicted octanol–water partition coefficient (Wildman–Crippen LogP) is 3.20. The summed E-state index contributed by atoms with van der Waals surface area (Å²) in [4.78, 5) is 11.8. The highest BCUT2D eigenvalue weighted by molar-refractivity contribution is 6.32. The molecule has 110 valence electrons.